The number of amides is 1. The first-order chi connectivity index (χ1) is 11.9. The van der Waals surface area contributed by atoms with Gasteiger partial charge in [-0.3, -0.25) is 9.69 Å². The third-order valence-corrected chi connectivity index (χ3v) is 4.92. The maximum Gasteiger partial charge on any atom is 0.266 e. The van der Waals surface area contributed by atoms with Gasteiger partial charge < -0.3 is 14.3 Å². The molecule has 128 valence electrons. The minimum absolute atomic E-state index is 0.133. The predicted molar refractivity (Wildman–Crippen MR) is 93.6 cm³/mol. The Kier molecular flexibility index (Phi) is 4.73. The van der Waals surface area contributed by atoms with Crippen molar-refractivity contribution in [2.45, 2.75) is 13.0 Å². The molecule has 2 heterocycles. The number of carboxylic acid groups (broad SMARTS) is 1. The van der Waals surface area contributed by atoms with Crippen LogP contribution in [-0.4, -0.2) is 27.1 Å². The molecule has 0 spiro atoms. The second-order valence-corrected chi connectivity index (χ2v) is 6.90. The fraction of sp³-hybridized carbons (Fsp3) is 0.118. The Hall–Kier alpha value is -2.45. The third-order valence-electron chi connectivity index (χ3n) is 3.59. The van der Waals surface area contributed by atoms with Gasteiger partial charge in [-0.1, -0.05) is 36.1 Å². The minimum atomic E-state index is -1.39. The van der Waals surface area contributed by atoms with Gasteiger partial charge in [0.05, 0.1) is 22.5 Å². The van der Waals surface area contributed by atoms with Crippen molar-refractivity contribution in [3.05, 3.63) is 52.9 Å². The van der Waals surface area contributed by atoms with Gasteiger partial charge in [-0.2, -0.15) is 0 Å². The van der Waals surface area contributed by atoms with Gasteiger partial charge in [0.1, 0.15) is 21.7 Å². The number of carboxylic acids is 1. The Morgan fingerprint density at radius 3 is 2.76 bits per heavy atom. The summed E-state index contributed by atoms with van der Waals surface area (Å²) in [6.07, 6.45) is 1.45. The smallest absolute Gasteiger partial charge is 0.266 e. The van der Waals surface area contributed by atoms with Crippen molar-refractivity contribution in [2.24, 2.45) is 0 Å². The maximum absolute atomic E-state index is 13.8. The average Bonchev–Trinajstić information content (AvgIpc) is 3.13. The van der Waals surface area contributed by atoms with Crippen molar-refractivity contribution >= 4 is 46.3 Å². The highest BCUT2D eigenvalue weighted by molar-refractivity contribution is 8.26. The number of nitrogens with zero attached hydrogens (tertiary/aromatic N) is 1. The number of carbonyl (C=O) groups excluding carboxylic acids is 2. The number of rotatable bonds is 4. The Labute approximate surface area is 152 Å². The van der Waals surface area contributed by atoms with E-state index in [0.29, 0.717) is 17.1 Å². The lowest BCUT2D eigenvalue weighted by Crippen LogP contribution is -2.48. The summed E-state index contributed by atoms with van der Waals surface area (Å²) in [4.78, 5) is 24.6. The quantitative estimate of drug-likeness (QED) is 0.603. The average molecular weight is 376 g/mol. The van der Waals surface area contributed by atoms with Crippen molar-refractivity contribution in [3.8, 4) is 11.3 Å². The molecule has 8 heteroatoms. The zero-order valence-corrected chi connectivity index (χ0v) is 14.5. The van der Waals surface area contributed by atoms with Crippen LogP contribution >= 0.6 is 24.0 Å². The highest BCUT2D eigenvalue weighted by Gasteiger charge is 2.36. The minimum Gasteiger partial charge on any atom is -0.548 e. The van der Waals surface area contributed by atoms with Crippen LogP contribution in [0.15, 0.2) is 45.7 Å². The number of aliphatic carboxylic acids is 1. The topological polar surface area (TPSA) is 73.6 Å². The van der Waals surface area contributed by atoms with Crippen LogP contribution in [0.5, 0.6) is 0 Å². The van der Waals surface area contributed by atoms with Crippen molar-refractivity contribution in [1.82, 2.24) is 4.90 Å². The molecule has 0 aliphatic carbocycles. The van der Waals surface area contributed by atoms with Crippen LogP contribution in [0.25, 0.3) is 17.4 Å². The molecule has 1 aromatic heterocycles. The van der Waals surface area contributed by atoms with Crippen LogP contribution in [0.4, 0.5) is 4.39 Å². The Bertz CT molecular complexity index is 906. The highest BCUT2D eigenvalue weighted by atomic mass is 32.2. The first-order valence-corrected chi connectivity index (χ1v) is 8.43. The zero-order chi connectivity index (χ0) is 18.1. The molecule has 5 nitrogen and oxygen atoms in total. The predicted octanol–water partition coefficient (Wildman–Crippen LogP) is 2.43. The molecular weight excluding hydrogens is 365 g/mol. The fourth-order valence-electron chi connectivity index (χ4n) is 2.28. The summed E-state index contributed by atoms with van der Waals surface area (Å²) in [5, 5.41) is 11.0. The summed E-state index contributed by atoms with van der Waals surface area (Å²) in [6, 6.07) is 8.19. The number of carbonyl (C=O) groups is 2. The molecule has 1 fully saturated rings. The van der Waals surface area contributed by atoms with Gasteiger partial charge in [0.25, 0.3) is 5.91 Å². The lowest BCUT2D eigenvalue weighted by molar-refractivity contribution is -0.309. The molecule has 1 aromatic carbocycles. The van der Waals surface area contributed by atoms with Crippen molar-refractivity contribution < 1.29 is 23.5 Å². The summed E-state index contributed by atoms with van der Waals surface area (Å²) in [5.41, 5.74) is 0.306. The van der Waals surface area contributed by atoms with E-state index in [-0.39, 0.29) is 9.23 Å². The van der Waals surface area contributed by atoms with E-state index in [9.17, 15) is 19.1 Å². The Morgan fingerprint density at radius 1 is 1.36 bits per heavy atom. The van der Waals surface area contributed by atoms with Gasteiger partial charge >= 0.3 is 0 Å². The van der Waals surface area contributed by atoms with E-state index in [1.165, 1.54) is 19.1 Å². The number of thiocarbonyl (C=S) groups is 1. The molecule has 2 aromatic rings. The van der Waals surface area contributed by atoms with E-state index in [1.807, 2.05) is 0 Å². The molecule has 0 radical (unpaired) electrons. The molecule has 3 rings (SSSR count). The molecule has 1 atom stereocenters. The van der Waals surface area contributed by atoms with Crippen LogP contribution in [0, 0.1) is 5.82 Å². The number of hydrogen-bond donors (Lipinski definition) is 0. The van der Waals surface area contributed by atoms with Crippen molar-refractivity contribution in [2.75, 3.05) is 0 Å². The van der Waals surface area contributed by atoms with E-state index < -0.39 is 23.7 Å². The summed E-state index contributed by atoms with van der Waals surface area (Å²) >= 11 is 6.04. The van der Waals surface area contributed by atoms with Gasteiger partial charge in [0, 0.05) is 6.08 Å². The molecule has 0 bridgehead atoms. The Balaban J connectivity index is 1.88. The molecule has 25 heavy (non-hydrogen) atoms. The van der Waals surface area contributed by atoms with Gasteiger partial charge in [-0.15, -0.1) is 0 Å². The van der Waals surface area contributed by atoms with Gasteiger partial charge in [0.15, 0.2) is 0 Å². The first kappa shape index (κ1) is 17.4. The number of benzene rings is 1. The largest absolute Gasteiger partial charge is 0.548 e. The SMILES string of the molecule is C[C@H](C(=O)[O-])N1C(=O)/C(=C/c2ccc(-c3ccccc3F)o2)SC1=S. The summed E-state index contributed by atoms with van der Waals surface area (Å²) < 4.78 is 19.5. The molecule has 0 unspecified atom stereocenters. The molecule has 1 saturated heterocycles. The summed E-state index contributed by atoms with van der Waals surface area (Å²) in [6.45, 7) is 1.33. The van der Waals surface area contributed by atoms with Crippen molar-refractivity contribution in [1.29, 1.82) is 0 Å². The summed E-state index contributed by atoms with van der Waals surface area (Å²) in [5.74, 6) is -1.69. The highest BCUT2D eigenvalue weighted by Crippen LogP contribution is 2.35. The lowest BCUT2D eigenvalue weighted by Gasteiger charge is -2.23. The van der Waals surface area contributed by atoms with Crippen LogP contribution in [0.1, 0.15) is 12.7 Å². The van der Waals surface area contributed by atoms with Crippen LogP contribution in [-0.2, 0) is 9.59 Å². The van der Waals surface area contributed by atoms with E-state index >= 15 is 0 Å². The second kappa shape index (κ2) is 6.81. The monoisotopic (exact) mass is 376 g/mol. The molecule has 1 aliphatic rings. The van der Waals surface area contributed by atoms with E-state index in [0.717, 1.165) is 16.7 Å². The van der Waals surface area contributed by atoms with Gasteiger partial charge in [0.2, 0.25) is 0 Å². The van der Waals surface area contributed by atoms with Crippen molar-refractivity contribution in [3.63, 3.8) is 0 Å². The molecular formula is C17H11FNO4S2-. The molecule has 1 aliphatic heterocycles. The molecule has 0 saturated carbocycles. The molecule has 1 amide bonds. The van der Waals surface area contributed by atoms with Crippen LogP contribution in [0.3, 0.4) is 0 Å². The lowest BCUT2D eigenvalue weighted by atomic mass is 10.1. The van der Waals surface area contributed by atoms with E-state index in [4.69, 9.17) is 16.6 Å². The number of hydrogen-bond acceptors (Lipinski definition) is 6. The van der Waals surface area contributed by atoms with Crippen LogP contribution < -0.4 is 5.11 Å². The summed E-state index contributed by atoms with van der Waals surface area (Å²) in [7, 11) is 0. The maximum atomic E-state index is 13.8. The van der Waals surface area contributed by atoms with E-state index in [1.54, 1.807) is 30.3 Å². The van der Waals surface area contributed by atoms with Gasteiger partial charge in [-0.05, 0) is 31.2 Å². The first-order valence-electron chi connectivity index (χ1n) is 7.21. The normalized spacial score (nSPS) is 17.4. The fourth-order valence-corrected chi connectivity index (χ4v) is 3.68. The zero-order valence-electron chi connectivity index (χ0n) is 12.9. The number of furan rings is 1. The molecule has 0 N–H and O–H groups in total. The standard InChI is InChI=1S/C17H12FNO4S2/c1-9(16(21)22)19-15(20)14(25-17(19)24)8-10-6-7-13(23-10)11-4-2-3-5-12(11)18/h2-9H,1H3,(H,21,22)/p-1/b14-8-/t9-/m1/s1. The third kappa shape index (κ3) is 3.35. The second-order valence-electron chi connectivity index (χ2n) is 5.23. The number of halogens is 1. The van der Waals surface area contributed by atoms with Gasteiger partial charge in [-0.25, -0.2) is 4.39 Å². The number of thioether (sulfide) groups is 1. The van der Waals surface area contributed by atoms with Crippen LogP contribution in [0.2, 0.25) is 0 Å². The Morgan fingerprint density at radius 2 is 2.08 bits per heavy atom. The van der Waals surface area contributed by atoms with E-state index in [2.05, 4.69) is 0 Å².